The van der Waals surface area contributed by atoms with Gasteiger partial charge in [-0.25, -0.2) is 14.6 Å². The predicted octanol–water partition coefficient (Wildman–Crippen LogP) is 4.52. The second kappa shape index (κ2) is 15.2. The second-order valence-electron chi connectivity index (χ2n) is 9.22. The lowest BCUT2D eigenvalue weighted by Crippen LogP contribution is -2.40. The van der Waals surface area contributed by atoms with E-state index in [1.54, 1.807) is 44.2 Å². The Hall–Kier alpha value is -3.18. The first-order valence-electron chi connectivity index (χ1n) is 13.5. The predicted molar refractivity (Wildman–Crippen MR) is 183 cm³/mol. The largest absolute Gasteiger partial charge is 0.490 e. The number of carbonyl (C=O) groups is 2. The molecule has 2 heterocycles. The van der Waals surface area contributed by atoms with Gasteiger partial charge < -0.3 is 23.7 Å². The molecular formula is C31H30I2N2O8S. The molecule has 2 aromatic carbocycles. The third-order valence-electron chi connectivity index (χ3n) is 6.34. The quantitative estimate of drug-likeness (QED) is 0.149. The maximum Gasteiger partial charge on any atom is 0.343 e. The average Bonchev–Trinajstić information content (AvgIpc) is 3.29. The highest BCUT2D eigenvalue weighted by molar-refractivity contribution is 14.1. The number of ether oxygens (including phenoxy) is 5. The van der Waals surface area contributed by atoms with E-state index in [2.05, 4.69) is 61.5 Å². The summed E-state index contributed by atoms with van der Waals surface area (Å²) < 4.78 is 31.1. The molecule has 0 aliphatic carbocycles. The van der Waals surface area contributed by atoms with Gasteiger partial charge in [-0.05, 0) is 107 Å². The molecule has 0 saturated heterocycles. The van der Waals surface area contributed by atoms with Crippen LogP contribution < -0.4 is 29.1 Å². The molecule has 0 spiro atoms. The van der Waals surface area contributed by atoms with E-state index in [4.69, 9.17) is 18.9 Å². The highest BCUT2D eigenvalue weighted by Gasteiger charge is 2.34. The van der Waals surface area contributed by atoms with Gasteiger partial charge in [0.05, 0.1) is 49.3 Å². The second-order valence-corrected chi connectivity index (χ2v) is 12.6. The van der Waals surface area contributed by atoms with E-state index in [0.717, 1.165) is 18.5 Å². The van der Waals surface area contributed by atoms with Crippen LogP contribution in [0.5, 0.6) is 17.2 Å². The number of carbonyl (C=O) groups excluding carboxylic acids is 2. The summed E-state index contributed by atoms with van der Waals surface area (Å²) in [7, 11) is 1.27. The number of rotatable bonds is 12. The van der Waals surface area contributed by atoms with Crippen LogP contribution in [0, 0.1) is 7.14 Å². The fourth-order valence-corrected chi connectivity index (χ4v) is 7.65. The molecule has 0 unspecified atom stereocenters. The SMILES string of the molecule is C=CCOc1c(I)cc(/C=c2\sc3n(c2=O)[C@@H](c2ccc(OCC(=O)OC)c(OCC)c2)C(C(=O)OCC)=C(C)N=3)cc1I. The third kappa shape index (κ3) is 7.37. The van der Waals surface area contributed by atoms with E-state index in [-0.39, 0.29) is 24.3 Å². The van der Waals surface area contributed by atoms with Crippen molar-refractivity contribution in [1.29, 1.82) is 0 Å². The standard InChI is InChI=1S/C31H30I2N2O8S/c1-6-11-42-28-20(32)12-18(13-21(28)33)14-24-29(37)35-27(26(30(38)41-8-3)17(4)34-31(35)44-24)19-9-10-22(23(15-19)40-7-2)43-16-25(36)39-5/h6,9-10,12-15,27H,1,7-8,11,16H2,2-5H3/b24-14-/t27-/m0/s1. The van der Waals surface area contributed by atoms with Crippen molar-refractivity contribution in [3.8, 4) is 17.2 Å². The number of nitrogens with zero attached hydrogens (tertiary/aromatic N) is 2. The number of halogens is 2. The fraction of sp³-hybridized carbons (Fsp3) is 0.290. The Morgan fingerprint density at radius 1 is 1.07 bits per heavy atom. The summed E-state index contributed by atoms with van der Waals surface area (Å²) >= 11 is 5.64. The van der Waals surface area contributed by atoms with Crippen molar-refractivity contribution < 1.29 is 33.3 Å². The summed E-state index contributed by atoms with van der Waals surface area (Å²) in [5.41, 5.74) is 1.77. The highest BCUT2D eigenvalue weighted by atomic mass is 127. The number of methoxy groups -OCH3 is 1. The Morgan fingerprint density at radius 2 is 1.80 bits per heavy atom. The Labute approximate surface area is 285 Å². The summed E-state index contributed by atoms with van der Waals surface area (Å²) in [6.45, 7) is 9.50. The molecule has 0 saturated carbocycles. The molecule has 13 heteroatoms. The molecule has 232 valence electrons. The molecule has 1 atom stereocenters. The number of fused-ring (bicyclic) bond motifs is 1. The van der Waals surface area contributed by atoms with Crippen molar-refractivity contribution in [1.82, 2.24) is 4.57 Å². The van der Waals surface area contributed by atoms with Crippen LogP contribution in [0.2, 0.25) is 0 Å². The first-order valence-corrected chi connectivity index (χ1v) is 16.5. The topological polar surface area (TPSA) is 115 Å². The minimum Gasteiger partial charge on any atom is -0.490 e. The zero-order valence-corrected chi connectivity index (χ0v) is 29.6. The Balaban J connectivity index is 1.88. The van der Waals surface area contributed by atoms with Crippen LogP contribution in [0.1, 0.15) is 37.9 Å². The van der Waals surface area contributed by atoms with Crippen LogP contribution in [0.4, 0.5) is 0 Å². The number of hydrogen-bond donors (Lipinski definition) is 0. The summed E-state index contributed by atoms with van der Waals surface area (Å²) in [6.07, 6.45) is 3.49. The van der Waals surface area contributed by atoms with Gasteiger partial charge in [-0.2, -0.15) is 0 Å². The maximum absolute atomic E-state index is 14.1. The van der Waals surface area contributed by atoms with Crippen LogP contribution in [-0.2, 0) is 19.1 Å². The Bertz CT molecular complexity index is 1790. The van der Waals surface area contributed by atoms with Gasteiger partial charge in [-0.15, -0.1) is 0 Å². The van der Waals surface area contributed by atoms with Crippen molar-refractivity contribution in [2.24, 2.45) is 4.99 Å². The molecule has 0 bridgehead atoms. The lowest BCUT2D eigenvalue weighted by Gasteiger charge is -2.25. The van der Waals surface area contributed by atoms with Crippen molar-refractivity contribution >= 4 is 74.5 Å². The Kier molecular flexibility index (Phi) is 11.6. The summed E-state index contributed by atoms with van der Waals surface area (Å²) in [6, 6.07) is 8.08. The number of aromatic nitrogens is 1. The summed E-state index contributed by atoms with van der Waals surface area (Å²) in [5.74, 6) is 0.295. The average molecular weight is 844 g/mol. The van der Waals surface area contributed by atoms with Crippen molar-refractivity contribution in [2.75, 3.05) is 33.5 Å². The Morgan fingerprint density at radius 3 is 2.43 bits per heavy atom. The molecule has 1 aliphatic rings. The first-order chi connectivity index (χ1) is 21.1. The number of allylic oxidation sites excluding steroid dienone is 1. The molecule has 1 aromatic heterocycles. The lowest BCUT2D eigenvalue weighted by molar-refractivity contribution is -0.143. The van der Waals surface area contributed by atoms with Gasteiger partial charge in [-0.1, -0.05) is 30.1 Å². The normalized spacial score (nSPS) is 14.4. The minimum atomic E-state index is -0.851. The lowest BCUT2D eigenvalue weighted by atomic mass is 9.95. The summed E-state index contributed by atoms with van der Waals surface area (Å²) in [5, 5.41) is 0. The molecule has 1 aliphatic heterocycles. The number of thiazole rings is 1. The summed E-state index contributed by atoms with van der Waals surface area (Å²) in [4.78, 5) is 44.1. The van der Waals surface area contributed by atoms with E-state index in [1.165, 1.54) is 23.0 Å². The zero-order chi connectivity index (χ0) is 32.0. The van der Waals surface area contributed by atoms with Crippen molar-refractivity contribution in [3.63, 3.8) is 0 Å². The van der Waals surface area contributed by atoms with Crippen LogP contribution >= 0.6 is 56.5 Å². The van der Waals surface area contributed by atoms with E-state index >= 15 is 0 Å². The molecule has 44 heavy (non-hydrogen) atoms. The maximum atomic E-state index is 14.1. The number of esters is 2. The minimum absolute atomic E-state index is 0.154. The molecule has 3 aromatic rings. The van der Waals surface area contributed by atoms with Gasteiger partial charge >= 0.3 is 11.9 Å². The molecule has 4 rings (SSSR count). The molecule has 0 radical (unpaired) electrons. The first kappa shape index (κ1) is 33.7. The van der Waals surface area contributed by atoms with Gasteiger partial charge in [0, 0.05) is 0 Å². The smallest absolute Gasteiger partial charge is 0.343 e. The van der Waals surface area contributed by atoms with Gasteiger partial charge in [0.25, 0.3) is 5.56 Å². The molecule has 10 nitrogen and oxygen atoms in total. The van der Waals surface area contributed by atoms with Gasteiger partial charge in [0.1, 0.15) is 12.4 Å². The van der Waals surface area contributed by atoms with Crippen LogP contribution in [0.3, 0.4) is 0 Å². The van der Waals surface area contributed by atoms with Crippen molar-refractivity contribution in [2.45, 2.75) is 26.8 Å². The third-order valence-corrected chi connectivity index (χ3v) is 8.92. The van der Waals surface area contributed by atoms with Crippen LogP contribution in [0.15, 0.2) is 64.0 Å². The van der Waals surface area contributed by atoms with Gasteiger partial charge in [-0.3, -0.25) is 9.36 Å². The number of benzene rings is 2. The monoisotopic (exact) mass is 844 g/mol. The van der Waals surface area contributed by atoms with E-state index in [9.17, 15) is 14.4 Å². The van der Waals surface area contributed by atoms with Crippen molar-refractivity contribution in [3.05, 3.63) is 92.2 Å². The number of hydrogen-bond acceptors (Lipinski definition) is 10. The fourth-order valence-electron chi connectivity index (χ4n) is 4.48. The van der Waals surface area contributed by atoms with E-state index in [0.29, 0.717) is 45.3 Å². The molecular weight excluding hydrogens is 814 g/mol. The molecule has 0 fully saturated rings. The van der Waals surface area contributed by atoms with E-state index in [1.807, 2.05) is 19.1 Å². The molecule has 0 N–H and O–H groups in total. The van der Waals surface area contributed by atoms with Gasteiger partial charge in [0.2, 0.25) is 0 Å². The molecule has 0 amide bonds. The zero-order valence-electron chi connectivity index (χ0n) is 24.5. The van der Waals surface area contributed by atoms with Crippen LogP contribution in [0.25, 0.3) is 6.08 Å². The van der Waals surface area contributed by atoms with E-state index < -0.39 is 18.0 Å². The van der Waals surface area contributed by atoms with Crippen LogP contribution in [-0.4, -0.2) is 50.0 Å². The van der Waals surface area contributed by atoms with Gasteiger partial charge in [0.15, 0.2) is 22.9 Å². The highest BCUT2D eigenvalue weighted by Crippen LogP contribution is 2.36.